The topological polar surface area (TPSA) is 86.7 Å². The quantitative estimate of drug-likeness (QED) is 0.334. The Balaban J connectivity index is 1.82. The molecule has 6 nitrogen and oxygen atoms in total. The van der Waals surface area contributed by atoms with Gasteiger partial charge in [0.15, 0.2) is 0 Å². The largest absolute Gasteiger partial charge is 0.481 e. The van der Waals surface area contributed by atoms with Gasteiger partial charge in [-0.2, -0.15) is 0 Å². The normalized spacial score (nSPS) is 15.8. The van der Waals surface area contributed by atoms with Gasteiger partial charge in [0.1, 0.15) is 4.32 Å². The van der Waals surface area contributed by atoms with Gasteiger partial charge in [0, 0.05) is 25.9 Å². The van der Waals surface area contributed by atoms with E-state index in [2.05, 4.69) is 5.32 Å². The Morgan fingerprint density at radius 1 is 1.21 bits per heavy atom. The van der Waals surface area contributed by atoms with E-state index in [0.29, 0.717) is 35.2 Å². The SMILES string of the molecule is CC(/C=C1\SC(=S)N(CCCC(=O)NCCCC(=O)O)C1=O)=C\c1ccccc1. The van der Waals surface area contributed by atoms with Crippen molar-refractivity contribution in [3.8, 4) is 0 Å². The molecular weight excluding hydrogens is 408 g/mol. The van der Waals surface area contributed by atoms with Gasteiger partial charge >= 0.3 is 5.97 Å². The molecule has 0 unspecified atom stereocenters. The molecule has 1 aromatic carbocycles. The van der Waals surface area contributed by atoms with Crippen LogP contribution >= 0.6 is 24.0 Å². The van der Waals surface area contributed by atoms with E-state index >= 15 is 0 Å². The number of rotatable bonds is 10. The first-order valence-corrected chi connectivity index (χ1v) is 10.6. The number of allylic oxidation sites excluding steroid dienone is 2. The molecule has 1 heterocycles. The number of carboxylic acids is 1. The number of benzene rings is 1. The number of nitrogens with one attached hydrogen (secondary N) is 1. The lowest BCUT2D eigenvalue weighted by atomic mass is 10.1. The molecule has 154 valence electrons. The van der Waals surface area contributed by atoms with Gasteiger partial charge in [0.2, 0.25) is 5.91 Å². The highest BCUT2D eigenvalue weighted by atomic mass is 32.2. The predicted molar refractivity (Wildman–Crippen MR) is 119 cm³/mol. The number of carbonyl (C=O) groups excluding carboxylic acids is 2. The summed E-state index contributed by atoms with van der Waals surface area (Å²) in [4.78, 5) is 37.0. The van der Waals surface area contributed by atoms with Crippen LogP contribution in [-0.4, -0.2) is 45.2 Å². The van der Waals surface area contributed by atoms with Crippen LogP contribution in [0.3, 0.4) is 0 Å². The third-order valence-electron chi connectivity index (χ3n) is 4.10. The summed E-state index contributed by atoms with van der Waals surface area (Å²) in [7, 11) is 0. The molecule has 0 atom stereocenters. The number of thiocarbonyl (C=S) groups is 1. The molecule has 1 aliphatic heterocycles. The molecular formula is C21H24N2O4S2. The maximum absolute atomic E-state index is 12.6. The van der Waals surface area contributed by atoms with E-state index in [4.69, 9.17) is 17.3 Å². The predicted octanol–water partition coefficient (Wildman–Crippen LogP) is 3.60. The van der Waals surface area contributed by atoms with E-state index in [1.165, 1.54) is 16.7 Å². The first-order valence-electron chi connectivity index (χ1n) is 9.34. The van der Waals surface area contributed by atoms with Crippen LogP contribution in [-0.2, 0) is 14.4 Å². The lowest BCUT2D eigenvalue weighted by Crippen LogP contribution is -2.31. The Hall–Kier alpha value is -2.45. The van der Waals surface area contributed by atoms with E-state index in [1.807, 2.05) is 49.4 Å². The van der Waals surface area contributed by atoms with Crippen LogP contribution in [0.1, 0.15) is 38.2 Å². The molecule has 2 amide bonds. The number of aliphatic carboxylic acids is 1. The van der Waals surface area contributed by atoms with Crippen molar-refractivity contribution in [1.82, 2.24) is 10.2 Å². The molecule has 0 aromatic heterocycles. The Labute approximate surface area is 180 Å². The number of carboxylic acid groups (broad SMARTS) is 1. The first kappa shape index (κ1) is 22.8. The monoisotopic (exact) mass is 432 g/mol. The van der Waals surface area contributed by atoms with E-state index < -0.39 is 5.97 Å². The number of hydrogen-bond donors (Lipinski definition) is 2. The Morgan fingerprint density at radius 2 is 1.93 bits per heavy atom. The molecule has 0 spiro atoms. The molecule has 0 radical (unpaired) electrons. The molecule has 2 N–H and O–H groups in total. The molecule has 1 saturated heterocycles. The summed E-state index contributed by atoms with van der Waals surface area (Å²) < 4.78 is 0.496. The van der Waals surface area contributed by atoms with Gasteiger partial charge in [0.25, 0.3) is 5.91 Å². The van der Waals surface area contributed by atoms with Gasteiger partial charge in [-0.3, -0.25) is 19.3 Å². The van der Waals surface area contributed by atoms with Crippen molar-refractivity contribution < 1.29 is 19.5 Å². The minimum atomic E-state index is -0.879. The van der Waals surface area contributed by atoms with Crippen LogP contribution in [0.4, 0.5) is 0 Å². The average molecular weight is 433 g/mol. The fraction of sp³-hybridized carbons (Fsp3) is 0.333. The van der Waals surface area contributed by atoms with Crippen molar-refractivity contribution >= 4 is 52.2 Å². The zero-order valence-electron chi connectivity index (χ0n) is 16.2. The molecule has 8 heteroatoms. The van der Waals surface area contributed by atoms with Crippen LogP contribution in [0, 0.1) is 0 Å². The second-order valence-corrected chi connectivity index (χ2v) is 8.26. The van der Waals surface area contributed by atoms with E-state index in [1.54, 1.807) is 0 Å². The highest BCUT2D eigenvalue weighted by Crippen LogP contribution is 2.32. The van der Waals surface area contributed by atoms with Crippen LogP contribution < -0.4 is 5.32 Å². The highest BCUT2D eigenvalue weighted by Gasteiger charge is 2.31. The molecule has 29 heavy (non-hydrogen) atoms. The van der Waals surface area contributed by atoms with E-state index in [0.717, 1.165) is 11.1 Å². The van der Waals surface area contributed by atoms with Crippen LogP contribution in [0.25, 0.3) is 6.08 Å². The van der Waals surface area contributed by atoms with Gasteiger partial charge in [0.05, 0.1) is 4.91 Å². The van der Waals surface area contributed by atoms with E-state index in [9.17, 15) is 14.4 Å². The maximum Gasteiger partial charge on any atom is 0.303 e. The van der Waals surface area contributed by atoms with Crippen LogP contribution in [0.2, 0.25) is 0 Å². The van der Waals surface area contributed by atoms with E-state index in [-0.39, 0.29) is 24.7 Å². The summed E-state index contributed by atoms with van der Waals surface area (Å²) in [6, 6.07) is 9.86. The number of hydrogen-bond acceptors (Lipinski definition) is 5. The van der Waals surface area contributed by atoms with Crippen LogP contribution in [0.5, 0.6) is 0 Å². The van der Waals surface area contributed by atoms with Gasteiger partial charge in [-0.05, 0) is 37.0 Å². The smallest absolute Gasteiger partial charge is 0.303 e. The standard InChI is InChI=1S/C21H24N2O4S2/c1-15(13-16-7-3-2-4-8-16)14-17-20(27)23(21(28)29-17)12-6-9-18(24)22-11-5-10-19(25)26/h2-4,7-8,13-14H,5-6,9-12H2,1H3,(H,22,24)(H,25,26)/b15-13+,17-14-. The molecule has 2 rings (SSSR count). The molecule has 0 saturated carbocycles. The van der Waals surface area contributed by atoms with Crippen molar-refractivity contribution in [2.45, 2.75) is 32.6 Å². The number of amides is 2. The fourth-order valence-corrected chi connectivity index (χ4v) is 4.07. The molecule has 0 bridgehead atoms. The molecule has 1 aliphatic rings. The van der Waals surface area contributed by atoms with Crippen molar-refractivity contribution in [3.63, 3.8) is 0 Å². The molecule has 0 aliphatic carbocycles. The summed E-state index contributed by atoms with van der Waals surface area (Å²) in [6.07, 6.45) is 5.01. The zero-order valence-corrected chi connectivity index (χ0v) is 17.9. The second kappa shape index (κ2) is 11.5. The fourth-order valence-electron chi connectivity index (χ4n) is 2.71. The summed E-state index contributed by atoms with van der Waals surface area (Å²) in [5.41, 5.74) is 2.02. The average Bonchev–Trinajstić information content (AvgIpc) is 2.93. The van der Waals surface area contributed by atoms with Crippen LogP contribution in [0.15, 0.2) is 46.9 Å². The van der Waals surface area contributed by atoms with Crippen molar-refractivity contribution in [3.05, 3.63) is 52.4 Å². The summed E-state index contributed by atoms with van der Waals surface area (Å²) in [5, 5.41) is 11.2. The number of thioether (sulfide) groups is 1. The zero-order chi connectivity index (χ0) is 21.2. The lowest BCUT2D eigenvalue weighted by molar-refractivity contribution is -0.137. The van der Waals surface area contributed by atoms with Crippen molar-refractivity contribution in [2.75, 3.05) is 13.1 Å². The minimum Gasteiger partial charge on any atom is -0.481 e. The van der Waals surface area contributed by atoms with Gasteiger partial charge < -0.3 is 10.4 Å². The van der Waals surface area contributed by atoms with Gasteiger partial charge in [-0.15, -0.1) is 0 Å². The third-order valence-corrected chi connectivity index (χ3v) is 5.48. The van der Waals surface area contributed by atoms with Crippen molar-refractivity contribution in [2.24, 2.45) is 0 Å². The lowest BCUT2D eigenvalue weighted by Gasteiger charge is -2.14. The Kier molecular flexibility index (Phi) is 9.08. The van der Waals surface area contributed by atoms with Crippen molar-refractivity contribution in [1.29, 1.82) is 0 Å². The third kappa shape index (κ3) is 7.83. The second-order valence-electron chi connectivity index (χ2n) is 6.58. The number of carbonyl (C=O) groups is 3. The first-order chi connectivity index (χ1) is 13.9. The Bertz CT molecular complexity index is 834. The minimum absolute atomic E-state index is 0.0291. The van der Waals surface area contributed by atoms with Gasteiger partial charge in [-0.25, -0.2) is 0 Å². The summed E-state index contributed by atoms with van der Waals surface area (Å²) in [6.45, 7) is 2.65. The summed E-state index contributed by atoms with van der Waals surface area (Å²) in [5.74, 6) is -1.17. The highest BCUT2D eigenvalue weighted by molar-refractivity contribution is 8.26. The molecule has 1 fully saturated rings. The maximum atomic E-state index is 12.6. The molecule has 1 aromatic rings. The number of nitrogens with zero attached hydrogens (tertiary/aromatic N) is 1. The summed E-state index contributed by atoms with van der Waals surface area (Å²) >= 11 is 6.59. The Morgan fingerprint density at radius 3 is 2.62 bits per heavy atom. The van der Waals surface area contributed by atoms with Gasteiger partial charge in [-0.1, -0.05) is 60.4 Å².